The van der Waals surface area contributed by atoms with Crippen LogP contribution in [0.4, 0.5) is 5.95 Å². The van der Waals surface area contributed by atoms with Crippen LogP contribution in [0.15, 0.2) is 30.9 Å². The highest BCUT2D eigenvalue weighted by atomic mass is 16.5. The van der Waals surface area contributed by atoms with Gasteiger partial charge in [0.2, 0.25) is 5.95 Å². The van der Waals surface area contributed by atoms with Crippen molar-refractivity contribution in [2.75, 3.05) is 31.6 Å². The number of aromatic nitrogens is 4. The number of anilines is 1. The van der Waals surface area contributed by atoms with Gasteiger partial charge in [-0.25, -0.2) is 15.0 Å². The fourth-order valence-electron chi connectivity index (χ4n) is 3.41. The minimum atomic E-state index is -0.187. The summed E-state index contributed by atoms with van der Waals surface area (Å²) < 4.78 is 6.13. The number of ether oxygens (including phenoxy) is 1. The summed E-state index contributed by atoms with van der Waals surface area (Å²) in [6.07, 6.45) is 8.62. The predicted octanol–water partition coefficient (Wildman–Crippen LogP) is 1.31. The third-order valence-electron chi connectivity index (χ3n) is 4.99. The van der Waals surface area contributed by atoms with Crippen LogP contribution < -0.4 is 5.32 Å². The van der Waals surface area contributed by atoms with Gasteiger partial charge in [-0.15, -0.1) is 0 Å². The summed E-state index contributed by atoms with van der Waals surface area (Å²) in [7, 11) is 0. The Morgan fingerprint density at radius 3 is 2.73 bits per heavy atom. The highest BCUT2D eigenvalue weighted by Crippen LogP contribution is 2.36. The Labute approximate surface area is 152 Å². The lowest BCUT2D eigenvalue weighted by Crippen LogP contribution is -2.66. The number of likely N-dealkylation sites (tertiary alicyclic amines) is 1. The molecular formula is C18H22N6O2. The van der Waals surface area contributed by atoms with E-state index in [1.165, 1.54) is 6.20 Å². The lowest BCUT2D eigenvalue weighted by Gasteiger charge is -2.52. The summed E-state index contributed by atoms with van der Waals surface area (Å²) in [6.45, 7) is 4.59. The van der Waals surface area contributed by atoms with Gasteiger partial charge < -0.3 is 15.0 Å². The van der Waals surface area contributed by atoms with Crippen LogP contribution in [0.3, 0.4) is 0 Å². The lowest BCUT2D eigenvalue weighted by molar-refractivity contribution is -0.165. The van der Waals surface area contributed by atoms with Gasteiger partial charge >= 0.3 is 0 Å². The van der Waals surface area contributed by atoms with Crippen LogP contribution in [0.25, 0.3) is 0 Å². The number of hydrogen-bond donors (Lipinski definition) is 1. The Morgan fingerprint density at radius 2 is 2.08 bits per heavy atom. The number of aryl methyl sites for hydroxylation is 1. The van der Waals surface area contributed by atoms with Gasteiger partial charge in [-0.1, -0.05) is 0 Å². The number of rotatable bonds is 4. The first-order chi connectivity index (χ1) is 12.6. The lowest BCUT2D eigenvalue weighted by atomic mass is 9.82. The average Bonchev–Trinajstić information content (AvgIpc) is 2.66. The molecule has 0 radical (unpaired) electrons. The molecule has 2 aliphatic rings. The minimum Gasteiger partial charge on any atom is -0.371 e. The van der Waals surface area contributed by atoms with Crippen molar-refractivity contribution < 1.29 is 9.53 Å². The first kappa shape index (κ1) is 16.8. The third-order valence-corrected chi connectivity index (χ3v) is 4.99. The molecule has 136 valence electrons. The molecule has 2 aromatic heterocycles. The fourth-order valence-corrected chi connectivity index (χ4v) is 3.41. The molecule has 0 aromatic carbocycles. The van der Waals surface area contributed by atoms with Crippen molar-refractivity contribution in [3.05, 3.63) is 42.2 Å². The summed E-state index contributed by atoms with van der Waals surface area (Å²) in [6, 6.07) is 1.80. The van der Waals surface area contributed by atoms with Gasteiger partial charge in [0, 0.05) is 25.1 Å². The van der Waals surface area contributed by atoms with E-state index in [0.29, 0.717) is 37.3 Å². The maximum absolute atomic E-state index is 12.4. The molecule has 2 saturated heterocycles. The Balaban J connectivity index is 1.24. The summed E-state index contributed by atoms with van der Waals surface area (Å²) in [4.78, 5) is 30.9. The molecule has 8 nitrogen and oxygen atoms in total. The highest BCUT2D eigenvalue weighted by molar-refractivity contribution is 5.92. The van der Waals surface area contributed by atoms with Gasteiger partial charge in [0.1, 0.15) is 11.3 Å². The second-order valence-electron chi connectivity index (χ2n) is 7.06. The Morgan fingerprint density at radius 1 is 1.27 bits per heavy atom. The zero-order valence-electron chi connectivity index (χ0n) is 14.8. The maximum atomic E-state index is 12.4. The molecule has 0 bridgehead atoms. The van der Waals surface area contributed by atoms with Crippen molar-refractivity contribution in [3.63, 3.8) is 0 Å². The van der Waals surface area contributed by atoms with Gasteiger partial charge in [0.15, 0.2) is 0 Å². The molecule has 0 aliphatic carbocycles. The van der Waals surface area contributed by atoms with E-state index in [9.17, 15) is 4.79 Å². The van der Waals surface area contributed by atoms with Crippen molar-refractivity contribution in [3.8, 4) is 0 Å². The molecule has 1 atom stereocenters. The van der Waals surface area contributed by atoms with E-state index in [-0.39, 0.29) is 11.5 Å². The second-order valence-corrected chi connectivity index (χ2v) is 7.06. The van der Waals surface area contributed by atoms with E-state index < -0.39 is 0 Å². The molecule has 1 spiro atoms. The number of amides is 1. The quantitative estimate of drug-likeness (QED) is 0.885. The monoisotopic (exact) mass is 354 g/mol. The van der Waals surface area contributed by atoms with Gasteiger partial charge in [-0.05, 0) is 31.7 Å². The number of hydrogen-bond acceptors (Lipinski definition) is 7. The normalized spacial score (nSPS) is 21.3. The van der Waals surface area contributed by atoms with E-state index in [4.69, 9.17) is 4.74 Å². The standard InChI is InChI=1S/C18H22N6O2/c1-13-7-22-15(9-21-13)16(25)24-11-18(12-24)4-3-14(10-26-18)8-23-17-19-5-2-6-20-17/h2,5-7,9,14H,3-4,8,10-12H2,1H3,(H,19,20,23). The Hall–Kier alpha value is -2.61. The van der Waals surface area contributed by atoms with Gasteiger partial charge in [0.25, 0.3) is 5.91 Å². The molecule has 1 amide bonds. The summed E-state index contributed by atoms with van der Waals surface area (Å²) in [5.41, 5.74) is 1.01. The largest absolute Gasteiger partial charge is 0.371 e. The molecular weight excluding hydrogens is 332 g/mol. The van der Waals surface area contributed by atoms with Crippen LogP contribution in [0.1, 0.15) is 29.0 Å². The van der Waals surface area contributed by atoms with Gasteiger partial charge in [-0.2, -0.15) is 0 Å². The van der Waals surface area contributed by atoms with E-state index in [1.807, 2.05) is 6.92 Å². The fraction of sp³-hybridized carbons (Fsp3) is 0.500. The third kappa shape index (κ3) is 3.50. The highest BCUT2D eigenvalue weighted by Gasteiger charge is 2.48. The van der Waals surface area contributed by atoms with Crippen LogP contribution in [0.2, 0.25) is 0 Å². The Bertz CT molecular complexity index is 751. The molecule has 1 N–H and O–H groups in total. The predicted molar refractivity (Wildman–Crippen MR) is 94.6 cm³/mol. The van der Waals surface area contributed by atoms with Gasteiger partial charge in [0.05, 0.1) is 31.6 Å². The number of carbonyl (C=O) groups excluding carboxylic acids is 1. The summed E-state index contributed by atoms with van der Waals surface area (Å²) in [5, 5.41) is 3.25. The molecule has 1 unspecified atom stereocenters. The minimum absolute atomic E-state index is 0.0725. The van der Waals surface area contributed by atoms with Crippen LogP contribution in [0.5, 0.6) is 0 Å². The molecule has 4 rings (SSSR count). The molecule has 2 fully saturated rings. The van der Waals surface area contributed by atoms with E-state index in [0.717, 1.165) is 25.1 Å². The van der Waals surface area contributed by atoms with Crippen LogP contribution in [-0.2, 0) is 4.74 Å². The van der Waals surface area contributed by atoms with Crippen LogP contribution in [-0.4, -0.2) is 62.6 Å². The molecule has 4 heterocycles. The van der Waals surface area contributed by atoms with Crippen LogP contribution >= 0.6 is 0 Å². The second kappa shape index (κ2) is 6.95. The van der Waals surface area contributed by atoms with Gasteiger partial charge in [-0.3, -0.25) is 9.78 Å². The van der Waals surface area contributed by atoms with Crippen LogP contribution in [0, 0.1) is 12.8 Å². The zero-order valence-corrected chi connectivity index (χ0v) is 14.8. The number of nitrogens with zero attached hydrogens (tertiary/aromatic N) is 5. The zero-order chi connectivity index (χ0) is 18.0. The van der Waals surface area contributed by atoms with Crippen molar-refractivity contribution in [1.82, 2.24) is 24.8 Å². The smallest absolute Gasteiger partial charge is 0.274 e. The van der Waals surface area contributed by atoms with Crippen molar-refractivity contribution in [2.24, 2.45) is 5.92 Å². The summed E-state index contributed by atoms with van der Waals surface area (Å²) >= 11 is 0. The molecule has 0 saturated carbocycles. The molecule has 2 aromatic rings. The van der Waals surface area contributed by atoms with Crippen molar-refractivity contribution in [1.29, 1.82) is 0 Å². The summed E-state index contributed by atoms with van der Waals surface area (Å²) in [5.74, 6) is 1.00. The van der Waals surface area contributed by atoms with E-state index in [1.54, 1.807) is 29.6 Å². The average molecular weight is 354 g/mol. The maximum Gasteiger partial charge on any atom is 0.274 e. The first-order valence-corrected chi connectivity index (χ1v) is 8.86. The topological polar surface area (TPSA) is 93.1 Å². The van der Waals surface area contributed by atoms with Crippen molar-refractivity contribution in [2.45, 2.75) is 25.4 Å². The number of nitrogens with one attached hydrogen (secondary N) is 1. The molecule has 26 heavy (non-hydrogen) atoms. The number of carbonyl (C=O) groups is 1. The molecule has 2 aliphatic heterocycles. The molecule has 8 heteroatoms. The SMILES string of the molecule is Cc1cnc(C(=O)N2CC3(CCC(CNc4ncccn4)CO3)C2)cn1. The van der Waals surface area contributed by atoms with E-state index in [2.05, 4.69) is 25.3 Å². The Kier molecular flexibility index (Phi) is 4.50. The van der Waals surface area contributed by atoms with E-state index >= 15 is 0 Å². The van der Waals surface area contributed by atoms with Crippen molar-refractivity contribution >= 4 is 11.9 Å². The first-order valence-electron chi connectivity index (χ1n) is 8.86.